The molecule has 1 amide bonds. The average molecular weight is 305 g/mol. The average Bonchev–Trinajstić information content (AvgIpc) is 3.18. The molecule has 0 bridgehead atoms. The highest BCUT2D eigenvalue weighted by atomic mass is 16.5. The van der Waals surface area contributed by atoms with Crippen LogP contribution < -0.4 is 4.74 Å². The summed E-state index contributed by atoms with van der Waals surface area (Å²) in [7, 11) is 0. The number of hydrogen-bond acceptors (Lipinski definition) is 4. The van der Waals surface area contributed by atoms with E-state index in [1.54, 1.807) is 15.6 Å². The van der Waals surface area contributed by atoms with E-state index in [-0.39, 0.29) is 11.9 Å². The number of carboxylic acid groups (broad SMARTS) is 1. The number of nitrogens with zero attached hydrogens (tertiary/aromatic N) is 3. The molecule has 7 nitrogen and oxygen atoms in total. The Morgan fingerprint density at radius 2 is 2.14 bits per heavy atom. The number of aliphatic carboxylic acids is 1. The molecule has 1 saturated carbocycles. The predicted molar refractivity (Wildman–Crippen MR) is 75.7 cm³/mol. The number of ether oxygens (including phenoxy) is 1. The Hall–Kier alpha value is -2.05. The largest absolute Gasteiger partial charge is 0.480 e. The number of likely N-dealkylation sites (tertiary alicyclic amines) is 1. The SMILES string of the molecule is O=C(O)[C@@H]1C[C@@H]2CCCC[C@H]2N1C(=O)c1cc2n(n1)CCO2. The fourth-order valence-corrected chi connectivity index (χ4v) is 4.12. The number of carbonyl (C=O) groups is 2. The van der Waals surface area contributed by atoms with E-state index in [1.807, 2.05) is 0 Å². The van der Waals surface area contributed by atoms with Gasteiger partial charge in [-0.25, -0.2) is 9.48 Å². The van der Waals surface area contributed by atoms with Crippen LogP contribution in [0.25, 0.3) is 0 Å². The lowest BCUT2D eigenvalue weighted by Crippen LogP contribution is -2.46. The van der Waals surface area contributed by atoms with Crippen LogP contribution in [0, 0.1) is 5.92 Å². The van der Waals surface area contributed by atoms with Crippen molar-refractivity contribution in [3.8, 4) is 5.88 Å². The van der Waals surface area contributed by atoms with Crippen molar-refractivity contribution in [1.29, 1.82) is 0 Å². The molecule has 0 unspecified atom stereocenters. The van der Waals surface area contributed by atoms with E-state index in [0.29, 0.717) is 37.1 Å². The van der Waals surface area contributed by atoms with E-state index in [2.05, 4.69) is 5.10 Å². The first-order chi connectivity index (χ1) is 10.6. The van der Waals surface area contributed by atoms with Crippen molar-refractivity contribution in [3.05, 3.63) is 11.8 Å². The smallest absolute Gasteiger partial charge is 0.326 e. The minimum absolute atomic E-state index is 0.0415. The van der Waals surface area contributed by atoms with Crippen LogP contribution >= 0.6 is 0 Å². The molecule has 2 aliphatic heterocycles. The van der Waals surface area contributed by atoms with Crippen LogP contribution in [0.4, 0.5) is 0 Å². The topological polar surface area (TPSA) is 84.7 Å². The molecular formula is C15H19N3O4. The molecule has 0 spiro atoms. The van der Waals surface area contributed by atoms with Gasteiger partial charge < -0.3 is 14.7 Å². The molecule has 1 aromatic heterocycles. The van der Waals surface area contributed by atoms with Crippen LogP contribution in [0.3, 0.4) is 0 Å². The minimum Gasteiger partial charge on any atom is -0.480 e. The zero-order valence-corrected chi connectivity index (χ0v) is 12.3. The second-order valence-corrected chi connectivity index (χ2v) is 6.35. The van der Waals surface area contributed by atoms with Crippen molar-refractivity contribution in [2.45, 2.75) is 50.7 Å². The van der Waals surface area contributed by atoms with Crippen LogP contribution in [0.15, 0.2) is 6.07 Å². The fourth-order valence-electron chi connectivity index (χ4n) is 4.12. The van der Waals surface area contributed by atoms with Crippen LogP contribution in [-0.4, -0.2) is 50.4 Å². The van der Waals surface area contributed by atoms with Crippen LogP contribution in [-0.2, 0) is 11.3 Å². The van der Waals surface area contributed by atoms with Crippen molar-refractivity contribution in [2.24, 2.45) is 5.92 Å². The molecule has 3 atom stereocenters. The van der Waals surface area contributed by atoms with Crippen LogP contribution in [0.5, 0.6) is 5.88 Å². The number of hydrogen-bond donors (Lipinski definition) is 1. The first-order valence-corrected chi connectivity index (χ1v) is 7.91. The second-order valence-electron chi connectivity index (χ2n) is 6.35. The lowest BCUT2D eigenvalue weighted by atomic mass is 9.84. The zero-order chi connectivity index (χ0) is 15.3. The van der Waals surface area contributed by atoms with Gasteiger partial charge in [-0.2, -0.15) is 5.10 Å². The number of fused-ring (bicyclic) bond motifs is 2. The van der Waals surface area contributed by atoms with Gasteiger partial charge in [0, 0.05) is 12.1 Å². The van der Waals surface area contributed by atoms with Crippen molar-refractivity contribution in [1.82, 2.24) is 14.7 Å². The van der Waals surface area contributed by atoms with E-state index >= 15 is 0 Å². The summed E-state index contributed by atoms with van der Waals surface area (Å²) in [5.74, 6) is -0.280. The van der Waals surface area contributed by atoms with Crippen LogP contribution in [0.1, 0.15) is 42.6 Å². The maximum absolute atomic E-state index is 12.9. The van der Waals surface area contributed by atoms with Gasteiger partial charge in [-0.05, 0) is 25.2 Å². The van der Waals surface area contributed by atoms with E-state index in [0.717, 1.165) is 25.7 Å². The molecule has 1 aliphatic carbocycles. The highest BCUT2D eigenvalue weighted by molar-refractivity contribution is 5.96. The van der Waals surface area contributed by atoms with Gasteiger partial charge in [0.1, 0.15) is 12.6 Å². The lowest BCUT2D eigenvalue weighted by molar-refractivity contribution is -0.141. The number of aromatic nitrogens is 2. The third-order valence-electron chi connectivity index (χ3n) is 5.12. The van der Waals surface area contributed by atoms with Gasteiger partial charge >= 0.3 is 5.97 Å². The number of carboxylic acids is 1. The molecule has 1 N–H and O–H groups in total. The molecule has 2 fully saturated rings. The molecular weight excluding hydrogens is 286 g/mol. The summed E-state index contributed by atoms with van der Waals surface area (Å²) in [6, 6.07) is 0.947. The third kappa shape index (κ3) is 1.99. The Labute approximate surface area is 127 Å². The second kappa shape index (κ2) is 5.00. The number of carbonyl (C=O) groups excluding carboxylic acids is 1. The van der Waals surface area contributed by atoms with Crippen LogP contribution in [0.2, 0.25) is 0 Å². The highest BCUT2D eigenvalue weighted by Crippen LogP contribution is 2.40. The maximum atomic E-state index is 12.9. The standard InChI is InChI=1S/C15H19N3O4/c19-14(10-8-13-17(16-10)5-6-22-13)18-11-4-2-1-3-9(11)7-12(18)15(20)21/h8-9,11-12H,1-7H2,(H,20,21)/t9-,11+,12-/m0/s1. The Balaban J connectivity index is 1.64. The van der Waals surface area contributed by atoms with E-state index < -0.39 is 12.0 Å². The van der Waals surface area contributed by atoms with Crippen molar-refractivity contribution >= 4 is 11.9 Å². The zero-order valence-electron chi connectivity index (χ0n) is 12.3. The predicted octanol–water partition coefficient (Wildman–Crippen LogP) is 1.13. The van der Waals surface area contributed by atoms with Gasteiger partial charge in [-0.15, -0.1) is 0 Å². The first-order valence-electron chi connectivity index (χ1n) is 7.91. The molecule has 118 valence electrons. The van der Waals surface area contributed by atoms with E-state index in [9.17, 15) is 14.7 Å². The normalized spacial score (nSPS) is 29.8. The van der Waals surface area contributed by atoms with Gasteiger partial charge in [0.05, 0.1) is 6.54 Å². The molecule has 1 saturated heterocycles. The summed E-state index contributed by atoms with van der Waals surface area (Å²) in [6.07, 6.45) is 4.66. The molecule has 4 rings (SSSR count). The monoisotopic (exact) mass is 305 g/mol. The Bertz CT molecular complexity index is 605. The van der Waals surface area contributed by atoms with Gasteiger partial charge in [0.25, 0.3) is 5.91 Å². The maximum Gasteiger partial charge on any atom is 0.326 e. The molecule has 1 aromatic rings. The number of rotatable bonds is 2. The summed E-state index contributed by atoms with van der Waals surface area (Å²) in [5, 5.41) is 13.8. The molecule has 0 radical (unpaired) electrons. The highest BCUT2D eigenvalue weighted by Gasteiger charge is 2.48. The Kier molecular flexibility index (Phi) is 3.09. The van der Waals surface area contributed by atoms with Gasteiger partial charge in [0.2, 0.25) is 5.88 Å². The van der Waals surface area contributed by atoms with Gasteiger partial charge in [-0.3, -0.25) is 4.79 Å². The number of amides is 1. The quantitative estimate of drug-likeness (QED) is 0.885. The lowest BCUT2D eigenvalue weighted by Gasteiger charge is -2.32. The Morgan fingerprint density at radius 3 is 2.91 bits per heavy atom. The molecule has 0 aromatic carbocycles. The molecule has 3 aliphatic rings. The van der Waals surface area contributed by atoms with Crippen molar-refractivity contribution in [2.75, 3.05) is 6.61 Å². The fraction of sp³-hybridized carbons (Fsp3) is 0.667. The first kappa shape index (κ1) is 13.6. The van der Waals surface area contributed by atoms with E-state index in [1.165, 1.54) is 0 Å². The Morgan fingerprint density at radius 1 is 1.32 bits per heavy atom. The summed E-state index contributed by atoms with van der Waals surface area (Å²) >= 11 is 0. The molecule has 3 heterocycles. The van der Waals surface area contributed by atoms with Gasteiger partial charge in [0.15, 0.2) is 5.69 Å². The summed E-state index contributed by atoms with van der Waals surface area (Å²) in [6.45, 7) is 1.21. The minimum atomic E-state index is -0.911. The summed E-state index contributed by atoms with van der Waals surface area (Å²) in [4.78, 5) is 26.0. The third-order valence-corrected chi connectivity index (χ3v) is 5.12. The summed E-state index contributed by atoms with van der Waals surface area (Å²) < 4.78 is 7.05. The van der Waals surface area contributed by atoms with E-state index in [4.69, 9.17) is 4.74 Å². The van der Waals surface area contributed by atoms with Crippen molar-refractivity contribution < 1.29 is 19.4 Å². The van der Waals surface area contributed by atoms with Crippen molar-refractivity contribution in [3.63, 3.8) is 0 Å². The molecule has 22 heavy (non-hydrogen) atoms. The molecule has 7 heteroatoms. The van der Waals surface area contributed by atoms with Gasteiger partial charge in [-0.1, -0.05) is 12.8 Å². The summed E-state index contributed by atoms with van der Waals surface area (Å²) in [5.41, 5.74) is 0.298.